The molecule has 8 heteroatoms. The first kappa shape index (κ1) is 26.7. The Morgan fingerprint density at radius 1 is 0.892 bits per heavy atom. The van der Waals surface area contributed by atoms with Gasteiger partial charge in [0.25, 0.3) is 0 Å². The van der Waals surface area contributed by atoms with Gasteiger partial charge in [-0.3, -0.25) is 0 Å². The van der Waals surface area contributed by atoms with Crippen molar-refractivity contribution in [2.24, 2.45) is 0 Å². The van der Waals surface area contributed by atoms with Crippen molar-refractivity contribution in [1.82, 2.24) is 0 Å². The highest BCUT2D eigenvalue weighted by atomic mass is 19.2. The summed E-state index contributed by atoms with van der Waals surface area (Å²) in [4.78, 5) is 0. The molecule has 0 saturated carbocycles. The molecule has 1 aliphatic carbocycles. The number of rotatable bonds is 8. The molecule has 0 saturated heterocycles. The second-order valence-electron chi connectivity index (χ2n) is 8.97. The van der Waals surface area contributed by atoms with Crippen molar-refractivity contribution >= 4 is 5.57 Å². The Kier molecular flexibility index (Phi) is 8.17. The average Bonchev–Trinajstić information content (AvgIpc) is 2.88. The van der Waals surface area contributed by atoms with Crippen molar-refractivity contribution in [2.45, 2.75) is 51.7 Å². The molecule has 0 aromatic heterocycles. The predicted octanol–water partition coefficient (Wildman–Crippen LogP) is 7.76. The van der Waals surface area contributed by atoms with E-state index in [0.717, 1.165) is 5.57 Å². The van der Waals surface area contributed by atoms with E-state index in [1.165, 1.54) is 37.3 Å². The molecule has 0 heterocycles. The van der Waals surface area contributed by atoms with Crippen LogP contribution >= 0.6 is 0 Å². The maximum Gasteiger partial charge on any atom is 0.204 e. The maximum atomic E-state index is 14.9. The number of aliphatic hydroxyl groups is 1. The quantitative estimate of drug-likeness (QED) is 0.310. The van der Waals surface area contributed by atoms with Crippen LogP contribution in [0.1, 0.15) is 67.4 Å². The van der Waals surface area contributed by atoms with Crippen LogP contribution in [0.25, 0.3) is 5.57 Å². The van der Waals surface area contributed by atoms with Crippen molar-refractivity contribution in [3.8, 4) is 11.5 Å². The van der Waals surface area contributed by atoms with Crippen LogP contribution in [0, 0.1) is 29.1 Å². The fourth-order valence-corrected chi connectivity index (χ4v) is 4.54. The number of hydrogen-bond acceptors (Lipinski definition) is 3. The van der Waals surface area contributed by atoms with E-state index in [1.54, 1.807) is 19.1 Å². The highest BCUT2D eigenvalue weighted by Crippen LogP contribution is 2.39. The Bertz CT molecular complexity index is 1320. The molecule has 196 valence electrons. The molecule has 0 aliphatic heterocycles. The van der Waals surface area contributed by atoms with Gasteiger partial charge in [0.1, 0.15) is 12.4 Å². The largest absolute Gasteiger partial charge is 0.491 e. The molecule has 1 aliphatic rings. The second-order valence-corrected chi connectivity index (χ2v) is 8.97. The van der Waals surface area contributed by atoms with Crippen molar-refractivity contribution < 1.29 is 36.5 Å². The van der Waals surface area contributed by atoms with E-state index in [-0.39, 0.29) is 41.8 Å². The molecule has 0 amide bonds. The summed E-state index contributed by atoms with van der Waals surface area (Å²) < 4.78 is 82.4. The first-order valence-electron chi connectivity index (χ1n) is 12.1. The third-order valence-electron chi connectivity index (χ3n) is 6.53. The molecule has 4 rings (SSSR count). The zero-order valence-electron chi connectivity index (χ0n) is 20.5. The summed E-state index contributed by atoms with van der Waals surface area (Å²) in [5.74, 6) is -5.61. The first-order valence-corrected chi connectivity index (χ1v) is 12.1. The Morgan fingerprint density at radius 2 is 1.59 bits per heavy atom. The van der Waals surface area contributed by atoms with E-state index < -0.39 is 35.2 Å². The Morgan fingerprint density at radius 3 is 2.19 bits per heavy atom. The molecule has 3 aromatic carbocycles. The lowest BCUT2D eigenvalue weighted by Gasteiger charge is -2.24. The Hall–Kier alpha value is -3.39. The lowest BCUT2D eigenvalue weighted by Crippen LogP contribution is -2.10. The van der Waals surface area contributed by atoms with Gasteiger partial charge in [-0.2, -0.15) is 8.78 Å². The van der Waals surface area contributed by atoms with Crippen molar-refractivity contribution in [2.75, 3.05) is 6.61 Å². The minimum Gasteiger partial charge on any atom is -0.491 e. The smallest absolute Gasteiger partial charge is 0.204 e. The molecule has 0 fully saturated rings. The van der Waals surface area contributed by atoms with Crippen LogP contribution in [0.5, 0.6) is 11.5 Å². The summed E-state index contributed by atoms with van der Waals surface area (Å²) in [5.41, 5.74) is 1.72. The highest BCUT2D eigenvalue weighted by molar-refractivity contribution is 5.67. The van der Waals surface area contributed by atoms with E-state index in [4.69, 9.17) is 9.47 Å². The number of allylic oxidation sites excluding steroid dienone is 2. The SMILES string of the molecule is CCOc1ccc(OCc2ccc(C3=CCC(c4ccc(C(C)O)c(F)c4F)CC3)c(F)c2)c(F)c1F. The summed E-state index contributed by atoms with van der Waals surface area (Å²) in [7, 11) is 0. The van der Waals surface area contributed by atoms with Crippen LogP contribution < -0.4 is 9.47 Å². The number of aliphatic hydroxyl groups excluding tert-OH is 1. The van der Waals surface area contributed by atoms with Gasteiger partial charge in [-0.25, -0.2) is 13.2 Å². The van der Waals surface area contributed by atoms with Crippen LogP contribution in [0.3, 0.4) is 0 Å². The van der Waals surface area contributed by atoms with Gasteiger partial charge in [-0.1, -0.05) is 30.3 Å². The van der Waals surface area contributed by atoms with Crippen LogP contribution in [0.15, 0.2) is 48.5 Å². The Labute approximate surface area is 212 Å². The summed E-state index contributed by atoms with van der Waals surface area (Å²) in [6, 6.07) is 9.92. The van der Waals surface area contributed by atoms with Crippen LogP contribution in [0.4, 0.5) is 22.0 Å². The Balaban J connectivity index is 1.44. The lowest BCUT2D eigenvalue weighted by atomic mass is 9.82. The first-order chi connectivity index (χ1) is 17.7. The lowest BCUT2D eigenvalue weighted by molar-refractivity contribution is 0.192. The van der Waals surface area contributed by atoms with E-state index in [0.29, 0.717) is 30.4 Å². The molecule has 0 radical (unpaired) electrons. The number of hydrogen-bond donors (Lipinski definition) is 1. The average molecular weight is 519 g/mol. The van der Waals surface area contributed by atoms with Crippen LogP contribution in [-0.2, 0) is 6.61 Å². The number of ether oxygens (including phenoxy) is 2. The number of halogens is 5. The highest BCUT2D eigenvalue weighted by Gasteiger charge is 2.25. The zero-order chi connectivity index (χ0) is 26.7. The minimum atomic E-state index is -1.18. The summed E-state index contributed by atoms with van der Waals surface area (Å²) in [5, 5.41) is 9.58. The molecule has 0 bridgehead atoms. The van der Waals surface area contributed by atoms with Gasteiger partial charge in [-0.05, 0) is 73.9 Å². The second kappa shape index (κ2) is 11.3. The van der Waals surface area contributed by atoms with Gasteiger partial charge in [0.2, 0.25) is 11.6 Å². The molecule has 2 atom stereocenters. The van der Waals surface area contributed by atoms with E-state index in [1.807, 2.05) is 6.08 Å². The van der Waals surface area contributed by atoms with E-state index in [9.17, 15) is 27.1 Å². The molecule has 0 spiro atoms. The van der Waals surface area contributed by atoms with Crippen molar-refractivity contribution in [3.63, 3.8) is 0 Å². The minimum absolute atomic E-state index is 0.0881. The van der Waals surface area contributed by atoms with Gasteiger partial charge in [-0.15, -0.1) is 0 Å². The summed E-state index contributed by atoms with van der Waals surface area (Å²) >= 11 is 0. The van der Waals surface area contributed by atoms with Gasteiger partial charge in [0.05, 0.1) is 12.7 Å². The molecule has 2 unspecified atom stereocenters. The predicted molar refractivity (Wildman–Crippen MR) is 130 cm³/mol. The van der Waals surface area contributed by atoms with Crippen LogP contribution in [0.2, 0.25) is 0 Å². The van der Waals surface area contributed by atoms with E-state index in [2.05, 4.69) is 0 Å². The van der Waals surface area contributed by atoms with Gasteiger partial charge >= 0.3 is 0 Å². The fraction of sp³-hybridized carbons (Fsp3) is 0.310. The van der Waals surface area contributed by atoms with Gasteiger partial charge in [0.15, 0.2) is 23.1 Å². The molecule has 1 N–H and O–H groups in total. The molecule has 3 aromatic rings. The standard InChI is InChI=1S/C29H27F5O3/c1-3-36-24-12-13-25(29(34)28(24)33)37-15-17-4-9-21(23(30)14-17)18-5-7-19(8-6-18)22-11-10-20(16(2)35)26(31)27(22)32/h4-5,9-14,16,19,35H,3,6-8,15H2,1-2H3. The molecular weight excluding hydrogens is 491 g/mol. The molecule has 37 heavy (non-hydrogen) atoms. The zero-order valence-corrected chi connectivity index (χ0v) is 20.5. The summed E-state index contributed by atoms with van der Waals surface area (Å²) in [6.45, 7) is 3.04. The topological polar surface area (TPSA) is 38.7 Å². The third kappa shape index (κ3) is 5.64. The number of benzene rings is 3. The fourth-order valence-electron chi connectivity index (χ4n) is 4.54. The van der Waals surface area contributed by atoms with Gasteiger partial charge in [0, 0.05) is 11.1 Å². The van der Waals surface area contributed by atoms with Crippen LogP contribution in [-0.4, -0.2) is 11.7 Å². The van der Waals surface area contributed by atoms with Crippen molar-refractivity contribution in [3.05, 3.63) is 99.9 Å². The maximum absolute atomic E-state index is 14.9. The summed E-state index contributed by atoms with van der Waals surface area (Å²) in [6.07, 6.45) is 2.09. The molecular formula is C29H27F5O3. The normalized spacial score (nSPS) is 16.3. The third-order valence-corrected chi connectivity index (χ3v) is 6.53. The van der Waals surface area contributed by atoms with Gasteiger partial charge < -0.3 is 14.6 Å². The molecule has 3 nitrogen and oxygen atoms in total. The van der Waals surface area contributed by atoms with E-state index >= 15 is 0 Å². The monoisotopic (exact) mass is 518 g/mol. The van der Waals surface area contributed by atoms with Crippen molar-refractivity contribution in [1.29, 1.82) is 0 Å².